The number of rotatable bonds is 5. The van der Waals surface area contributed by atoms with E-state index in [-0.39, 0.29) is 11.8 Å². The summed E-state index contributed by atoms with van der Waals surface area (Å²) in [5.74, 6) is 1.43. The van der Waals surface area contributed by atoms with E-state index in [0.29, 0.717) is 24.9 Å². The van der Waals surface area contributed by atoms with E-state index < -0.39 is 0 Å². The number of aryl methyl sites for hydroxylation is 4. The summed E-state index contributed by atoms with van der Waals surface area (Å²) in [6, 6.07) is 1.93. The topological polar surface area (TPSA) is 102 Å². The molecule has 3 aromatic heterocycles. The molecule has 0 unspecified atom stereocenters. The van der Waals surface area contributed by atoms with E-state index >= 15 is 0 Å². The van der Waals surface area contributed by atoms with E-state index in [4.69, 9.17) is 0 Å². The number of likely N-dealkylation sites (tertiary alicyclic amines) is 1. The van der Waals surface area contributed by atoms with Crippen LogP contribution in [0.15, 0.2) is 24.5 Å². The van der Waals surface area contributed by atoms with Gasteiger partial charge in [0, 0.05) is 67.2 Å². The van der Waals surface area contributed by atoms with Gasteiger partial charge in [0.15, 0.2) is 5.82 Å². The molecule has 1 N–H and O–H groups in total. The Labute approximate surface area is 194 Å². The van der Waals surface area contributed by atoms with Crippen LogP contribution in [0.2, 0.25) is 0 Å². The summed E-state index contributed by atoms with van der Waals surface area (Å²) < 4.78 is 1.83. The Hall–Kier alpha value is -3.62. The highest BCUT2D eigenvalue weighted by Gasteiger charge is 2.26. The average Bonchev–Trinajstić information content (AvgIpc) is 3.02. The number of nitrogens with zero attached hydrogens (tertiary/aromatic N) is 7. The molecule has 9 heteroatoms. The normalized spacial score (nSPS) is 14.8. The Bertz CT molecular complexity index is 1170. The minimum atomic E-state index is 0.0252. The van der Waals surface area contributed by atoms with Gasteiger partial charge in [-0.3, -0.25) is 14.5 Å². The first kappa shape index (κ1) is 22.6. The first-order valence-corrected chi connectivity index (χ1v) is 11.2. The predicted molar refractivity (Wildman–Crippen MR) is 127 cm³/mol. The monoisotopic (exact) mass is 446 g/mol. The van der Waals surface area contributed by atoms with Gasteiger partial charge in [0.25, 0.3) is 0 Å². The van der Waals surface area contributed by atoms with Crippen molar-refractivity contribution < 1.29 is 4.79 Å². The smallest absolute Gasteiger partial charge is 0.246 e. The summed E-state index contributed by atoms with van der Waals surface area (Å²) in [6.07, 6.45) is 8.56. The summed E-state index contributed by atoms with van der Waals surface area (Å²) in [4.78, 5) is 32.7. The molecule has 9 nitrogen and oxygen atoms in total. The number of nitrogens with one attached hydrogen (secondary N) is 1. The van der Waals surface area contributed by atoms with Gasteiger partial charge in [0.2, 0.25) is 11.9 Å². The maximum Gasteiger partial charge on any atom is 0.246 e. The van der Waals surface area contributed by atoms with Crippen LogP contribution in [0.5, 0.6) is 0 Å². The molecule has 1 saturated heterocycles. The van der Waals surface area contributed by atoms with E-state index in [1.54, 1.807) is 18.5 Å². The fraction of sp³-hybridized carbons (Fsp3) is 0.417. The maximum absolute atomic E-state index is 12.8. The average molecular weight is 447 g/mol. The molecule has 3 aromatic rings. The quantitative estimate of drug-likeness (QED) is 0.599. The SMILES string of the molecule is Cc1cc(C)nc(Nc2nccnc2C2CCN(C(=O)C=Cc3c(C)nn(C)c3C)CC2)n1. The van der Waals surface area contributed by atoms with Crippen LogP contribution in [0.1, 0.15) is 52.8 Å². The van der Waals surface area contributed by atoms with Crippen molar-refractivity contribution in [3.8, 4) is 0 Å². The number of piperidine rings is 1. The van der Waals surface area contributed by atoms with Crippen LogP contribution >= 0.6 is 0 Å². The molecule has 1 aliphatic heterocycles. The van der Waals surface area contributed by atoms with Crippen LogP contribution < -0.4 is 5.32 Å². The lowest BCUT2D eigenvalue weighted by Gasteiger charge is -2.31. The molecule has 4 rings (SSSR count). The van der Waals surface area contributed by atoms with Gasteiger partial charge in [-0.05, 0) is 52.7 Å². The van der Waals surface area contributed by atoms with Crippen LogP contribution in [-0.4, -0.2) is 53.6 Å². The molecule has 1 fully saturated rings. The van der Waals surface area contributed by atoms with Gasteiger partial charge >= 0.3 is 0 Å². The maximum atomic E-state index is 12.8. The molecule has 0 spiro atoms. The van der Waals surface area contributed by atoms with Gasteiger partial charge in [-0.2, -0.15) is 5.10 Å². The van der Waals surface area contributed by atoms with Crippen molar-refractivity contribution >= 4 is 23.7 Å². The van der Waals surface area contributed by atoms with Crippen LogP contribution in [0.3, 0.4) is 0 Å². The summed E-state index contributed by atoms with van der Waals surface area (Å²) in [6.45, 7) is 9.19. The molecule has 0 aromatic carbocycles. The van der Waals surface area contributed by atoms with Gasteiger partial charge < -0.3 is 10.2 Å². The minimum absolute atomic E-state index is 0.0252. The second-order valence-electron chi connectivity index (χ2n) is 8.53. The molecular formula is C24H30N8O. The molecule has 0 atom stereocenters. The fourth-order valence-corrected chi connectivity index (χ4v) is 4.30. The Morgan fingerprint density at radius 2 is 1.73 bits per heavy atom. The highest BCUT2D eigenvalue weighted by atomic mass is 16.2. The standard InChI is InChI=1S/C24H30N8O/c1-15-14-16(2)28-24(27-15)29-23-22(25-10-11-26-23)19-8-12-32(13-9-19)21(33)7-6-20-17(3)30-31(5)18(20)4/h6-7,10-11,14,19H,8-9,12-13H2,1-5H3,(H,26,27,28,29). The number of hydrogen-bond acceptors (Lipinski definition) is 7. The molecule has 172 valence electrons. The molecule has 1 aliphatic rings. The Balaban J connectivity index is 1.42. The number of hydrogen-bond donors (Lipinski definition) is 1. The zero-order chi connectivity index (χ0) is 23.5. The van der Waals surface area contributed by atoms with E-state index in [9.17, 15) is 4.79 Å². The number of aromatic nitrogens is 6. The lowest BCUT2D eigenvalue weighted by atomic mass is 9.93. The summed E-state index contributed by atoms with van der Waals surface area (Å²) in [5.41, 5.74) is 5.66. The molecule has 0 aliphatic carbocycles. The number of anilines is 2. The van der Waals surface area contributed by atoms with Crippen molar-refractivity contribution in [3.63, 3.8) is 0 Å². The highest BCUT2D eigenvalue weighted by molar-refractivity contribution is 5.92. The van der Waals surface area contributed by atoms with Crippen molar-refractivity contribution in [1.29, 1.82) is 0 Å². The van der Waals surface area contributed by atoms with Crippen molar-refractivity contribution in [2.75, 3.05) is 18.4 Å². The third kappa shape index (κ3) is 5.08. The second kappa shape index (κ2) is 9.48. The van der Waals surface area contributed by atoms with Crippen molar-refractivity contribution in [2.24, 2.45) is 7.05 Å². The Morgan fingerprint density at radius 1 is 1.06 bits per heavy atom. The second-order valence-corrected chi connectivity index (χ2v) is 8.53. The highest BCUT2D eigenvalue weighted by Crippen LogP contribution is 2.31. The molecule has 0 radical (unpaired) electrons. The van der Waals surface area contributed by atoms with Crippen molar-refractivity contribution in [1.82, 2.24) is 34.6 Å². The van der Waals surface area contributed by atoms with Gasteiger partial charge in [-0.25, -0.2) is 15.0 Å². The first-order chi connectivity index (χ1) is 15.8. The molecule has 1 amide bonds. The lowest BCUT2D eigenvalue weighted by Crippen LogP contribution is -2.37. The zero-order valence-electron chi connectivity index (χ0n) is 19.8. The number of carbonyl (C=O) groups excluding carboxylic acids is 1. The fourth-order valence-electron chi connectivity index (χ4n) is 4.30. The van der Waals surface area contributed by atoms with Crippen LogP contribution in [0.25, 0.3) is 6.08 Å². The van der Waals surface area contributed by atoms with Crippen LogP contribution in [0, 0.1) is 27.7 Å². The van der Waals surface area contributed by atoms with Crippen molar-refractivity contribution in [2.45, 2.75) is 46.5 Å². The third-order valence-electron chi connectivity index (χ3n) is 6.09. The number of carbonyl (C=O) groups is 1. The minimum Gasteiger partial charge on any atom is -0.339 e. The lowest BCUT2D eigenvalue weighted by molar-refractivity contribution is -0.126. The van der Waals surface area contributed by atoms with E-state index in [2.05, 4.69) is 30.4 Å². The first-order valence-electron chi connectivity index (χ1n) is 11.2. The predicted octanol–water partition coefficient (Wildman–Crippen LogP) is 3.40. The van der Waals surface area contributed by atoms with Gasteiger partial charge in [-0.15, -0.1) is 0 Å². The molecule has 0 saturated carbocycles. The molecule has 33 heavy (non-hydrogen) atoms. The Kier molecular flexibility index (Phi) is 6.48. The van der Waals surface area contributed by atoms with E-state index in [1.807, 2.05) is 56.5 Å². The van der Waals surface area contributed by atoms with E-state index in [0.717, 1.165) is 46.9 Å². The van der Waals surface area contributed by atoms with Crippen LogP contribution in [0.4, 0.5) is 11.8 Å². The van der Waals surface area contributed by atoms with E-state index in [1.165, 1.54) is 0 Å². The largest absolute Gasteiger partial charge is 0.339 e. The summed E-state index contributed by atoms with van der Waals surface area (Å²) >= 11 is 0. The number of amides is 1. The summed E-state index contributed by atoms with van der Waals surface area (Å²) in [7, 11) is 1.91. The molecular weight excluding hydrogens is 416 g/mol. The van der Waals surface area contributed by atoms with Gasteiger partial charge in [-0.1, -0.05) is 0 Å². The van der Waals surface area contributed by atoms with Gasteiger partial charge in [0.1, 0.15) is 0 Å². The van der Waals surface area contributed by atoms with Gasteiger partial charge in [0.05, 0.1) is 11.4 Å². The molecule has 0 bridgehead atoms. The zero-order valence-corrected chi connectivity index (χ0v) is 19.8. The Morgan fingerprint density at radius 3 is 2.36 bits per heavy atom. The molecule has 4 heterocycles. The van der Waals surface area contributed by atoms with Crippen LogP contribution in [-0.2, 0) is 11.8 Å². The third-order valence-corrected chi connectivity index (χ3v) is 6.09. The summed E-state index contributed by atoms with van der Waals surface area (Å²) in [5, 5.41) is 7.65. The van der Waals surface area contributed by atoms with Crippen molar-refractivity contribution in [3.05, 3.63) is 58.6 Å².